The van der Waals surface area contributed by atoms with E-state index in [-0.39, 0.29) is 26.6 Å². The number of rotatable bonds is 1. The maximum atomic E-state index is 10.1. The van der Waals surface area contributed by atoms with Crippen LogP contribution in [0.2, 0.25) is 0 Å². The molecule has 0 aromatic rings. The summed E-state index contributed by atoms with van der Waals surface area (Å²) in [5.74, 6) is -1.16. The molecule has 54 valence electrons. The van der Waals surface area contributed by atoms with Crippen molar-refractivity contribution >= 4 is 5.97 Å². The monoisotopic (exact) mass is 309 g/mol. The van der Waals surface area contributed by atoms with E-state index in [2.05, 4.69) is 0 Å². The van der Waals surface area contributed by atoms with E-state index in [4.69, 9.17) is 10.4 Å². The minimum absolute atomic E-state index is 0. The Kier molecular flexibility index (Phi) is 6.29. The van der Waals surface area contributed by atoms with Gasteiger partial charge in [-0.3, -0.25) is 0 Å². The summed E-state index contributed by atoms with van der Waals surface area (Å²) in [5, 5.41) is 16.4. The van der Waals surface area contributed by atoms with E-state index >= 15 is 0 Å². The van der Waals surface area contributed by atoms with Crippen molar-refractivity contribution < 1.29 is 31.0 Å². The summed E-state index contributed by atoms with van der Waals surface area (Å²) in [5.41, 5.74) is 0.361. The van der Waals surface area contributed by atoms with E-state index in [0.29, 0.717) is 5.57 Å². The fraction of sp³-hybridized carbons (Fsp3) is 0.333. The molecule has 0 saturated heterocycles. The fourth-order valence-corrected chi connectivity index (χ4v) is 0.373. The Morgan fingerprint density at radius 1 is 1.50 bits per heavy atom. The molecule has 0 unspecified atom stereocenters. The second-order valence-corrected chi connectivity index (χ2v) is 1.79. The van der Waals surface area contributed by atoms with Crippen LogP contribution in [0.15, 0.2) is 11.1 Å². The van der Waals surface area contributed by atoms with Crippen LogP contribution in [-0.2, 0) is 25.9 Å². The third-order valence-electron chi connectivity index (χ3n) is 0.826. The minimum atomic E-state index is -1.16. The van der Waals surface area contributed by atoms with Gasteiger partial charge in [-0.15, -0.1) is 0 Å². The van der Waals surface area contributed by atoms with E-state index in [9.17, 15) is 4.79 Å². The fourth-order valence-electron chi connectivity index (χ4n) is 0.373. The largest absolute Gasteiger partial charge is 0.477 e. The van der Waals surface area contributed by atoms with E-state index < -0.39 is 5.97 Å². The smallest absolute Gasteiger partial charge is 0.346 e. The summed E-state index contributed by atoms with van der Waals surface area (Å²) in [6.45, 7) is 3.18. The molecule has 4 heteroatoms. The maximum Gasteiger partial charge on any atom is 0.346 e. The van der Waals surface area contributed by atoms with Crippen LogP contribution in [0.5, 0.6) is 0 Å². The van der Waals surface area contributed by atoms with Crippen molar-refractivity contribution in [1.29, 1.82) is 5.26 Å². The molecule has 3 nitrogen and oxygen atoms in total. The van der Waals surface area contributed by atoms with Gasteiger partial charge in [0.1, 0.15) is 11.6 Å². The Morgan fingerprint density at radius 3 is 1.90 bits per heavy atom. The molecule has 0 rings (SSSR count). The Hall–Kier alpha value is -0.612. The van der Waals surface area contributed by atoms with Crippen LogP contribution in [0.25, 0.3) is 0 Å². The summed E-state index contributed by atoms with van der Waals surface area (Å²) in [6.07, 6.45) is 0. The van der Waals surface area contributed by atoms with Crippen LogP contribution < -0.4 is 0 Å². The zero-order chi connectivity index (χ0) is 7.44. The summed E-state index contributed by atoms with van der Waals surface area (Å²) in [7, 11) is 0. The summed E-state index contributed by atoms with van der Waals surface area (Å²) in [6, 6.07) is 1.58. The molecule has 10 heavy (non-hydrogen) atoms. The van der Waals surface area contributed by atoms with Gasteiger partial charge < -0.3 is 5.11 Å². The van der Waals surface area contributed by atoms with Gasteiger partial charge >= 0.3 is 5.97 Å². The van der Waals surface area contributed by atoms with Crippen molar-refractivity contribution in [2.24, 2.45) is 0 Å². The predicted octanol–water partition coefficient (Wildman–Crippen LogP) is 0.928. The van der Waals surface area contributed by atoms with Crippen molar-refractivity contribution in [2.75, 3.05) is 0 Å². The molecule has 0 fully saturated rings. The van der Waals surface area contributed by atoms with Crippen LogP contribution in [0.1, 0.15) is 13.8 Å². The molecule has 0 amide bonds. The second kappa shape index (κ2) is 5.20. The summed E-state index contributed by atoms with van der Waals surface area (Å²) >= 11 is 0. The third-order valence-corrected chi connectivity index (χ3v) is 0.826. The predicted molar refractivity (Wildman–Crippen MR) is 31.6 cm³/mol. The number of aliphatic carboxylic acids is 1. The van der Waals surface area contributed by atoms with Crippen LogP contribution in [0.3, 0.4) is 0 Å². The van der Waals surface area contributed by atoms with Crippen LogP contribution >= 0.6 is 0 Å². The average molecular weight is 309 g/mol. The molecule has 0 aromatic heterocycles. The number of hydrogen-bond donors (Lipinski definition) is 1. The molecule has 0 aliphatic rings. The van der Waals surface area contributed by atoms with Gasteiger partial charge in [0.2, 0.25) is 0 Å². The molecular formula is C6H7NO2W. The van der Waals surface area contributed by atoms with Crippen molar-refractivity contribution in [3.05, 3.63) is 11.1 Å². The number of carbonyl (C=O) groups is 1. The van der Waals surface area contributed by atoms with E-state index in [1.54, 1.807) is 19.9 Å². The molecule has 0 aliphatic heterocycles. The maximum absolute atomic E-state index is 10.1. The summed E-state index contributed by atoms with van der Waals surface area (Å²) < 4.78 is 0. The molecule has 1 N–H and O–H groups in total. The van der Waals surface area contributed by atoms with E-state index in [1.165, 1.54) is 0 Å². The van der Waals surface area contributed by atoms with Crippen molar-refractivity contribution in [3.63, 3.8) is 0 Å². The first-order valence-electron chi connectivity index (χ1n) is 2.40. The molecule has 0 bridgehead atoms. The second-order valence-electron chi connectivity index (χ2n) is 1.79. The Bertz CT molecular complexity index is 198. The summed E-state index contributed by atoms with van der Waals surface area (Å²) in [4.78, 5) is 10.1. The number of allylic oxidation sites excluding steroid dienone is 1. The molecule has 0 aromatic carbocycles. The van der Waals surface area contributed by atoms with Gasteiger partial charge in [-0.25, -0.2) is 4.79 Å². The van der Waals surface area contributed by atoms with Gasteiger partial charge in [0.25, 0.3) is 0 Å². The van der Waals surface area contributed by atoms with E-state index in [0.717, 1.165) is 0 Å². The Labute approximate surface area is 73.6 Å². The van der Waals surface area contributed by atoms with Gasteiger partial charge in [-0.1, -0.05) is 5.57 Å². The Balaban J connectivity index is 0. The molecule has 0 spiro atoms. The van der Waals surface area contributed by atoms with Crippen molar-refractivity contribution in [3.8, 4) is 6.07 Å². The normalized spacial score (nSPS) is 6.90. The number of carboxylic acid groups (broad SMARTS) is 1. The molecule has 0 saturated carbocycles. The van der Waals surface area contributed by atoms with Gasteiger partial charge in [0.05, 0.1) is 0 Å². The first-order chi connectivity index (χ1) is 4.09. The van der Waals surface area contributed by atoms with Crippen molar-refractivity contribution in [1.82, 2.24) is 0 Å². The molecule has 0 radical (unpaired) electrons. The molecule has 0 atom stereocenters. The van der Waals surface area contributed by atoms with Gasteiger partial charge in [0, 0.05) is 21.1 Å². The first-order valence-corrected chi connectivity index (χ1v) is 2.40. The minimum Gasteiger partial charge on any atom is -0.477 e. The molecule has 0 heterocycles. The SMILES string of the molecule is CC(C)=C(C#N)C(=O)O.[W]. The van der Waals surface area contributed by atoms with Crippen LogP contribution in [0, 0.1) is 11.3 Å². The number of nitriles is 1. The van der Waals surface area contributed by atoms with E-state index in [1.807, 2.05) is 0 Å². The van der Waals surface area contributed by atoms with Crippen molar-refractivity contribution in [2.45, 2.75) is 13.8 Å². The molecular weight excluding hydrogens is 302 g/mol. The quantitative estimate of drug-likeness (QED) is 0.579. The number of carboxylic acids is 1. The number of hydrogen-bond acceptors (Lipinski definition) is 2. The van der Waals surface area contributed by atoms with Gasteiger partial charge in [0.15, 0.2) is 0 Å². The molecule has 0 aliphatic carbocycles. The van der Waals surface area contributed by atoms with Gasteiger partial charge in [-0.2, -0.15) is 5.26 Å². The van der Waals surface area contributed by atoms with Gasteiger partial charge in [-0.05, 0) is 13.8 Å². The standard InChI is InChI=1S/C6H7NO2.W/c1-4(2)5(3-7)6(8)9;/h1-2H3,(H,8,9);. The Morgan fingerprint density at radius 2 is 1.90 bits per heavy atom. The number of nitrogens with zero attached hydrogens (tertiary/aromatic N) is 1. The average Bonchev–Trinajstić information content (AvgIpc) is 1.64. The third kappa shape index (κ3) is 3.42. The first kappa shape index (κ1) is 12.1. The zero-order valence-electron chi connectivity index (χ0n) is 5.71. The van der Waals surface area contributed by atoms with Crippen LogP contribution in [0.4, 0.5) is 0 Å². The topological polar surface area (TPSA) is 61.1 Å². The van der Waals surface area contributed by atoms with Crippen LogP contribution in [-0.4, -0.2) is 11.1 Å². The zero-order valence-corrected chi connectivity index (χ0v) is 8.64.